The molecule has 0 saturated heterocycles. The van der Waals surface area contributed by atoms with Gasteiger partial charge in [0.25, 0.3) is 0 Å². The molecule has 0 N–H and O–H groups in total. The zero-order chi connectivity index (χ0) is 19.5. The summed E-state index contributed by atoms with van der Waals surface area (Å²) in [6.07, 6.45) is 0.954. The Morgan fingerprint density at radius 2 is 1.93 bits per heavy atom. The molecule has 5 heteroatoms. The highest BCUT2D eigenvalue weighted by molar-refractivity contribution is 7.10. The zero-order valence-corrected chi connectivity index (χ0v) is 16.8. The second kappa shape index (κ2) is 8.05. The zero-order valence-electron chi connectivity index (χ0n) is 16.0. The SMILES string of the molecule is COc1cc2c(cc1OC)C(c1cccs1)N(Cc1cccc(C#N)c1)CC2. The molecule has 1 unspecified atom stereocenters. The molecular formula is C23H22N2O2S. The number of ether oxygens (including phenoxy) is 2. The van der Waals surface area contributed by atoms with E-state index in [1.54, 1.807) is 25.6 Å². The number of fused-ring (bicyclic) bond motifs is 1. The lowest BCUT2D eigenvalue weighted by Crippen LogP contribution is -2.35. The van der Waals surface area contributed by atoms with Crippen LogP contribution in [-0.4, -0.2) is 25.7 Å². The van der Waals surface area contributed by atoms with Gasteiger partial charge in [0.15, 0.2) is 11.5 Å². The summed E-state index contributed by atoms with van der Waals surface area (Å²) in [5.41, 5.74) is 4.43. The largest absolute Gasteiger partial charge is 0.493 e. The average molecular weight is 391 g/mol. The van der Waals surface area contributed by atoms with E-state index in [1.165, 1.54) is 16.0 Å². The van der Waals surface area contributed by atoms with Gasteiger partial charge in [0, 0.05) is 18.0 Å². The van der Waals surface area contributed by atoms with Crippen LogP contribution in [0.5, 0.6) is 11.5 Å². The highest BCUT2D eigenvalue weighted by atomic mass is 32.1. The maximum atomic E-state index is 9.22. The highest BCUT2D eigenvalue weighted by Gasteiger charge is 2.31. The third-order valence-corrected chi connectivity index (χ3v) is 6.15. The van der Waals surface area contributed by atoms with Gasteiger partial charge in [-0.3, -0.25) is 4.90 Å². The van der Waals surface area contributed by atoms with E-state index in [9.17, 15) is 5.26 Å². The van der Waals surface area contributed by atoms with E-state index in [4.69, 9.17) is 9.47 Å². The Morgan fingerprint density at radius 1 is 1.11 bits per heavy atom. The molecule has 1 aliphatic heterocycles. The summed E-state index contributed by atoms with van der Waals surface area (Å²) in [4.78, 5) is 3.79. The van der Waals surface area contributed by atoms with Crippen molar-refractivity contribution in [2.24, 2.45) is 0 Å². The molecular weight excluding hydrogens is 368 g/mol. The molecule has 2 heterocycles. The van der Waals surface area contributed by atoms with Gasteiger partial charge < -0.3 is 9.47 Å². The van der Waals surface area contributed by atoms with Crippen LogP contribution in [0.2, 0.25) is 0 Å². The number of nitrogens with zero attached hydrogens (tertiary/aromatic N) is 2. The number of hydrogen-bond acceptors (Lipinski definition) is 5. The first-order valence-electron chi connectivity index (χ1n) is 9.24. The van der Waals surface area contributed by atoms with Gasteiger partial charge in [-0.15, -0.1) is 11.3 Å². The molecule has 0 spiro atoms. The number of benzene rings is 2. The first-order valence-corrected chi connectivity index (χ1v) is 10.1. The first kappa shape index (κ1) is 18.5. The Labute approximate surface area is 169 Å². The topological polar surface area (TPSA) is 45.5 Å². The predicted octanol–water partition coefficient (Wildman–Crippen LogP) is 4.78. The fourth-order valence-electron chi connectivity index (χ4n) is 3.92. The van der Waals surface area contributed by atoms with Crippen LogP contribution >= 0.6 is 11.3 Å². The smallest absolute Gasteiger partial charge is 0.161 e. The number of methoxy groups -OCH3 is 2. The van der Waals surface area contributed by atoms with Crippen molar-refractivity contribution in [1.29, 1.82) is 5.26 Å². The van der Waals surface area contributed by atoms with Gasteiger partial charge in [0.05, 0.1) is 31.9 Å². The van der Waals surface area contributed by atoms with Gasteiger partial charge in [-0.2, -0.15) is 5.26 Å². The number of nitriles is 1. The van der Waals surface area contributed by atoms with Crippen molar-refractivity contribution in [1.82, 2.24) is 4.90 Å². The molecule has 0 bridgehead atoms. The fraction of sp³-hybridized carbons (Fsp3) is 0.261. The molecule has 1 aromatic heterocycles. The van der Waals surface area contributed by atoms with Gasteiger partial charge in [-0.1, -0.05) is 18.2 Å². The molecule has 0 amide bonds. The van der Waals surface area contributed by atoms with Crippen molar-refractivity contribution in [3.05, 3.63) is 81.0 Å². The molecule has 3 aromatic rings. The average Bonchev–Trinajstić information content (AvgIpc) is 3.27. The van der Waals surface area contributed by atoms with E-state index in [2.05, 4.69) is 46.7 Å². The summed E-state index contributed by atoms with van der Waals surface area (Å²) < 4.78 is 11.1. The van der Waals surface area contributed by atoms with E-state index in [0.717, 1.165) is 36.6 Å². The lowest BCUT2D eigenvalue weighted by molar-refractivity contribution is 0.206. The second-order valence-corrected chi connectivity index (χ2v) is 7.84. The first-order chi connectivity index (χ1) is 13.7. The lowest BCUT2D eigenvalue weighted by Gasteiger charge is -2.37. The molecule has 4 rings (SSSR count). The van der Waals surface area contributed by atoms with Crippen LogP contribution in [0.3, 0.4) is 0 Å². The van der Waals surface area contributed by atoms with Crippen LogP contribution in [0.4, 0.5) is 0 Å². The van der Waals surface area contributed by atoms with Crippen molar-refractivity contribution in [3.8, 4) is 17.6 Å². The summed E-state index contributed by atoms with van der Waals surface area (Å²) in [6.45, 7) is 1.74. The van der Waals surface area contributed by atoms with Crippen LogP contribution in [0.1, 0.15) is 33.2 Å². The van der Waals surface area contributed by atoms with Crippen LogP contribution in [0.25, 0.3) is 0 Å². The van der Waals surface area contributed by atoms with Crippen LogP contribution in [-0.2, 0) is 13.0 Å². The Bertz CT molecular complexity index is 1010. The maximum absolute atomic E-state index is 9.22. The standard InChI is InChI=1S/C23H22N2O2S/c1-26-20-12-18-8-9-25(15-17-6-3-5-16(11-17)14-24)23(22-7-4-10-28-22)19(18)13-21(20)27-2/h3-7,10-13,23H,8-9,15H2,1-2H3. The second-order valence-electron chi connectivity index (χ2n) is 6.86. The van der Waals surface area contributed by atoms with Gasteiger partial charge in [0.2, 0.25) is 0 Å². The molecule has 142 valence electrons. The number of rotatable bonds is 5. The third kappa shape index (κ3) is 3.49. The van der Waals surface area contributed by atoms with Crippen molar-refractivity contribution >= 4 is 11.3 Å². The highest BCUT2D eigenvalue weighted by Crippen LogP contribution is 2.42. The molecule has 0 saturated carbocycles. The monoisotopic (exact) mass is 390 g/mol. The number of thiophene rings is 1. The summed E-state index contributed by atoms with van der Waals surface area (Å²) in [6, 6.07) is 18.8. The van der Waals surface area contributed by atoms with E-state index < -0.39 is 0 Å². The quantitative estimate of drug-likeness (QED) is 0.629. The minimum atomic E-state index is 0.161. The molecule has 0 aliphatic carbocycles. The van der Waals surface area contributed by atoms with Crippen LogP contribution in [0.15, 0.2) is 53.9 Å². The summed E-state index contributed by atoms with van der Waals surface area (Å²) in [5, 5.41) is 11.3. The molecule has 1 atom stereocenters. The van der Waals surface area contributed by atoms with E-state index in [-0.39, 0.29) is 6.04 Å². The molecule has 1 aliphatic rings. The van der Waals surface area contributed by atoms with Crippen LogP contribution < -0.4 is 9.47 Å². The molecule has 2 aromatic carbocycles. The van der Waals surface area contributed by atoms with E-state index in [0.29, 0.717) is 5.56 Å². The van der Waals surface area contributed by atoms with Crippen molar-refractivity contribution in [2.45, 2.75) is 19.0 Å². The Kier molecular flexibility index (Phi) is 5.34. The lowest BCUT2D eigenvalue weighted by atomic mass is 9.90. The summed E-state index contributed by atoms with van der Waals surface area (Å²) >= 11 is 1.77. The minimum Gasteiger partial charge on any atom is -0.493 e. The number of hydrogen-bond donors (Lipinski definition) is 0. The van der Waals surface area contributed by atoms with Gasteiger partial charge in [-0.05, 0) is 58.8 Å². The van der Waals surface area contributed by atoms with E-state index >= 15 is 0 Å². The van der Waals surface area contributed by atoms with E-state index in [1.807, 2.05) is 18.2 Å². The summed E-state index contributed by atoms with van der Waals surface area (Å²) in [7, 11) is 3.36. The van der Waals surface area contributed by atoms with Gasteiger partial charge in [0.1, 0.15) is 0 Å². The van der Waals surface area contributed by atoms with Crippen molar-refractivity contribution in [3.63, 3.8) is 0 Å². The molecule has 0 radical (unpaired) electrons. The van der Waals surface area contributed by atoms with Crippen molar-refractivity contribution in [2.75, 3.05) is 20.8 Å². The Balaban J connectivity index is 1.75. The predicted molar refractivity (Wildman–Crippen MR) is 111 cm³/mol. The molecule has 0 fully saturated rings. The van der Waals surface area contributed by atoms with Crippen molar-refractivity contribution < 1.29 is 9.47 Å². The van der Waals surface area contributed by atoms with Crippen LogP contribution in [0, 0.1) is 11.3 Å². The minimum absolute atomic E-state index is 0.161. The molecule has 28 heavy (non-hydrogen) atoms. The Morgan fingerprint density at radius 3 is 2.64 bits per heavy atom. The fourth-order valence-corrected chi connectivity index (χ4v) is 4.80. The van der Waals surface area contributed by atoms with Gasteiger partial charge >= 0.3 is 0 Å². The maximum Gasteiger partial charge on any atom is 0.161 e. The Hall–Kier alpha value is -2.81. The summed E-state index contributed by atoms with van der Waals surface area (Å²) in [5.74, 6) is 1.54. The van der Waals surface area contributed by atoms with Gasteiger partial charge in [-0.25, -0.2) is 0 Å². The normalized spacial score (nSPS) is 16.2. The molecule has 4 nitrogen and oxygen atoms in total. The third-order valence-electron chi connectivity index (χ3n) is 5.23.